The van der Waals surface area contributed by atoms with Gasteiger partial charge in [-0.2, -0.15) is 12.6 Å². The number of thiol groups is 1. The summed E-state index contributed by atoms with van der Waals surface area (Å²) >= 11 is 4.52. The van der Waals surface area contributed by atoms with Gasteiger partial charge in [0.15, 0.2) is 0 Å². The molecule has 78 valence electrons. The van der Waals surface area contributed by atoms with Crippen LogP contribution in [-0.2, 0) is 9.22 Å². The van der Waals surface area contributed by atoms with Crippen molar-refractivity contribution in [1.82, 2.24) is 0 Å². The molecule has 0 rings (SSSR count). The van der Waals surface area contributed by atoms with E-state index in [0.29, 0.717) is 6.61 Å². The van der Waals surface area contributed by atoms with Crippen LogP contribution in [0.5, 0.6) is 0 Å². The standard InChI is InChI=1S/C9H20O2SSi/c1-6-9(12,8(3)10)13(4,5)11-7-2/h12H,6-7H2,1-5H3/t9-/m1/s1. The Morgan fingerprint density at radius 2 is 1.92 bits per heavy atom. The molecule has 2 nitrogen and oxygen atoms in total. The maximum Gasteiger partial charge on any atom is 0.209 e. The maximum absolute atomic E-state index is 11.5. The van der Waals surface area contributed by atoms with Crippen LogP contribution in [0, 0.1) is 0 Å². The first-order valence-corrected chi connectivity index (χ1v) is 8.04. The molecule has 0 aliphatic rings. The SMILES string of the molecule is CCO[Si](C)(C)[C@](S)(CC)C(C)=O. The monoisotopic (exact) mass is 220 g/mol. The number of hydrogen-bond donors (Lipinski definition) is 1. The quantitative estimate of drug-likeness (QED) is 0.569. The summed E-state index contributed by atoms with van der Waals surface area (Å²) in [5, 5.41) is 0. The van der Waals surface area contributed by atoms with Crippen LogP contribution in [0.15, 0.2) is 0 Å². The van der Waals surface area contributed by atoms with E-state index in [1.165, 1.54) is 0 Å². The second-order valence-electron chi connectivity index (χ2n) is 3.71. The zero-order valence-electron chi connectivity index (χ0n) is 9.18. The lowest BCUT2D eigenvalue weighted by atomic mass is 10.2. The summed E-state index contributed by atoms with van der Waals surface area (Å²) in [6.45, 7) is 10.3. The highest BCUT2D eigenvalue weighted by atomic mass is 32.1. The van der Waals surface area contributed by atoms with Crippen molar-refractivity contribution >= 4 is 26.7 Å². The van der Waals surface area contributed by atoms with E-state index in [9.17, 15) is 4.79 Å². The minimum Gasteiger partial charge on any atom is -0.416 e. The topological polar surface area (TPSA) is 26.3 Å². The van der Waals surface area contributed by atoms with Crippen LogP contribution < -0.4 is 0 Å². The summed E-state index contributed by atoms with van der Waals surface area (Å²) in [7, 11) is -2.01. The highest BCUT2D eigenvalue weighted by Crippen LogP contribution is 2.32. The van der Waals surface area contributed by atoms with Gasteiger partial charge in [0, 0.05) is 6.61 Å². The second kappa shape index (κ2) is 4.62. The van der Waals surface area contributed by atoms with Gasteiger partial charge in [0.05, 0.1) is 4.37 Å². The van der Waals surface area contributed by atoms with E-state index < -0.39 is 12.7 Å². The molecule has 0 bridgehead atoms. The van der Waals surface area contributed by atoms with E-state index in [2.05, 4.69) is 25.7 Å². The molecule has 0 spiro atoms. The van der Waals surface area contributed by atoms with Crippen molar-refractivity contribution < 1.29 is 9.22 Å². The third-order valence-corrected chi connectivity index (χ3v) is 8.55. The van der Waals surface area contributed by atoms with Gasteiger partial charge in [0.1, 0.15) is 5.78 Å². The van der Waals surface area contributed by atoms with Crippen molar-refractivity contribution in [2.75, 3.05) is 6.61 Å². The normalized spacial score (nSPS) is 16.8. The van der Waals surface area contributed by atoms with Crippen LogP contribution >= 0.6 is 12.6 Å². The van der Waals surface area contributed by atoms with E-state index in [0.717, 1.165) is 6.42 Å². The number of Topliss-reactive ketones (excluding diaryl/α,β-unsaturated/α-hetero) is 1. The van der Waals surface area contributed by atoms with Crippen LogP contribution in [0.1, 0.15) is 27.2 Å². The highest BCUT2D eigenvalue weighted by Gasteiger charge is 2.48. The van der Waals surface area contributed by atoms with Crippen molar-refractivity contribution in [3.8, 4) is 0 Å². The molecule has 0 radical (unpaired) electrons. The molecular formula is C9H20O2SSi. The van der Waals surface area contributed by atoms with E-state index in [1.807, 2.05) is 13.8 Å². The Hall–Kier alpha value is 0.197. The van der Waals surface area contributed by atoms with E-state index >= 15 is 0 Å². The van der Waals surface area contributed by atoms with Crippen LogP contribution in [0.4, 0.5) is 0 Å². The van der Waals surface area contributed by atoms with Crippen LogP contribution in [0.2, 0.25) is 13.1 Å². The van der Waals surface area contributed by atoms with Crippen LogP contribution in [0.25, 0.3) is 0 Å². The van der Waals surface area contributed by atoms with Gasteiger partial charge in [-0.25, -0.2) is 0 Å². The Morgan fingerprint density at radius 1 is 1.46 bits per heavy atom. The minimum atomic E-state index is -2.01. The first kappa shape index (κ1) is 13.2. The fourth-order valence-electron chi connectivity index (χ4n) is 1.58. The summed E-state index contributed by atoms with van der Waals surface area (Å²) in [5.74, 6) is 0.128. The summed E-state index contributed by atoms with van der Waals surface area (Å²) in [6.07, 6.45) is 0.741. The van der Waals surface area contributed by atoms with Crippen molar-refractivity contribution in [2.24, 2.45) is 0 Å². The Bertz CT molecular complexity index is 194. The number of ketones is 1. The minimum absolute atomic E-state index is 0.128. The Labute approximate surface area is 87.6 Å². The second-order valence-corrected chi connectivity index (χ2v) is 9.06. The van der Waals surface area contributed by atoms with Crippen molar-refractivity contribution in [3.05, 3.63) is 0 Å². The smallest absolute Gasteiger partial charge is 0.209 e. The lowest BCUT2D eigenvalue weighted by Gasteiger charge is -2.38. The predicted octanol–water partition coefficient (Wildman–Crippen LogP) is 2.43. The van der Waals surface area contributed by atoms with Gasteiger partial charge in [-0.3, -0.25) is 4.79 Å². The molecule has 0 saturated carbocycles. The van der Waals surface area contributed by atoms with Gasteiger partial charge in [0.25, 0.3) is 0 Å². The molecule has 1 atom stereocenters. The molecule has 0 saturated heterocycles. The Kier molecular flexibility index (Phi) is 4.69. The molecule has 0 aliphatic carbocycles. The zero-order chi connectivity index (χ0) is 10.7. The number of carbonyl (C=O) groups excluding carboxylic acids is 1. The molecule has 13 heavy (non-hydrogen) atoms. The number of carbonyl (C=O) groups is 1. The Balaban J connectivity index is 4.83. The average Bonchev–Trinajstić information content (AvgIpc) is 2.02. The summed E-state index contributed by atoms with van der Waals surface area (Å²) in [6, 6.07) is 0. The number of rotatable bonds is 5. The lowest BCUT2D eigenvalue weighted by molar-refractivity contribution is -0.117. The van der Waals surface area contributed by atoms with Gasteiger partial charge in [0.2, 0.25) is 8.32 Å². The van der Waals surface area contributed by atoms with Crippen LogP contribution in [0.3, 0.4) is 0 Å². The van der Waals surface area contributed by atoms with E-state index in [4.69, 9.17) is 4.43 Å². The molecular weight excluding hydrogens is 200 g/mol. The molecule has 0 heterocycles. The first-order chi connectivity index (χ1) is 5.81. The van der Waals surface area contributed by atoms with Crippen molar-refractivity contribution in [2.45, 2.75) is 44.7 Å². The van der Waals surface area contributed by atoms with Gasteiger partial charge in [-0.05, 0) is 33.4 Å². The van der Waals surface area contributed by atoms with E-state index in [1.54, 1.807) is 6.92 Å². The van der Waals surface area contributed by atoms with Gasteiger partial charge >= 0.3 is 0 Å². The third kappa shape index (κ3) is 2.57. The van der Waals surface area contributed by atoms with Gasteiger partial charge < -0.3 is 4.43 Å². The molecule has 0 unspecified atom stereocenters. The fourth-order valence-corrected chi connectivity index (χ4v) is 4.43. The molecule has 0 aliphatic heterocycles. The van der Waals surface area contributed by atoms with Crippen LogP contribution in [-0.4, -0.2) is 25.1 Å². The molecule has 0 aromatic rings. The number of hydrogen-bond acceptors (Lipinski definition) is 3. The lowest BCUT2D eigenvalue weighted by Crippen LogP contribution is -2.56. The molecule has 4 heteroatoms. The average molecular weight is 220 g/mol. The molecule has 0 fully saturated rings. The predicted molar refractivity (Wildman–Crippen MR) is 61.8 cm³/mol. The van der Waals surface area contributed by atoms with Gasteiger partial charge in [-0.15, -0.1) is 0 Å². The summed E-state index contributed by atoms with van der Waals surface area (Å²) in [4.78, 5) is 11.5. The van der Waals surface area contributed by atoms with Gasteiger partial charge in [-0.1, -0.05) is 6.92 Å². The largest absolute Gasteiger partial charge is 0.416 e. The zero-order valence-corrected chi connectivity index (χ0v) is 11.1. The Morgan fingerprint density at radius 3 is 2.15 bits per heavy atom. The highest BCUT2D eigenvalue weighted by molar-refractivity contribution is 7.85. The van der Waals surface area contributed by atoms with E-state index in [-0.39, 0.29) is 5.78 Å². The molecule has 0 amide bonds. The molecule has 0 aromatic heterocycles. The third-order valence-electron chi connectivity index (χ3n) is 2.60. The summed E-state index contributed by atoms with van der Waals surface area (Å²) < 4.78 is 5.15. The first-order valence-electron chi connectivity index (χ1n) is 4.69. The van der Waals surface area contributed by atoms with Crippen molar-refractivity contribution in [3.63, 3.8) is 0 Å². The fraction of sp³-hybridized carbons (Fsp3) is 0.889. The molecule has 0 aromatic carbocycles. The summed E-state index contributed by atoms with van der Waals surface area (Å²) in [5.41, 5.74) is 0. The maximum atomic E-state index is 11.5. The molecule has 0 N–H and O–H groups in total. The van der Waals surface area contributed by atoms with Crippen molar-refractivity contribution in [1.29, 1.82) is 0 Å².